The summed E-state index contributed by atoms with van der Waals surface area (Å²) in [5, 5.41) is 2.50. The van der Waals surface area contributed by atoms with Gasteiger partial charge in [0.05, 0.1) is 11.2 Å². The second kappa shape index (κ2) is 9.02. The van der Waals surface area contributed by atoms with Crippen molar-refractivity contribution < 1.29 is 0 Å². The number of aryl methyl sites for hydroxylation is 1. The minimum Gasteiger partial charge on any atom is -0.268 e. The van der Waals surface area contributed by atoms with Crippen LogP contribution in [0.3, 0.4) is 0 Å². The number of hydrogen-bond donors (Lipinski definition) is 0. The Morgan fingerprint density at radius 2 is 1.39 bits per heavy atom. The van der Waals surface area contributed by atoms with Gasteiger partial charge in [0.1, 0.15) is 5.69 Å². The molecular formula is C33H22N2O. The molecule has 0 bridgehead atoms. The van der Waals surface area contributed by atoms with Crippen molar-refractivity contribution in [1.82, 2.24) is 9.55 Å². The first kappa shape index (κ1) is 21.6. The van der Waals surface area contributed by atoms with E-state index in [-0.39, 0.29) is 5.56 Å². The average molecular weight is 463 g/mol. The maximum absolute atomic E-state index is 14.2. The summed E-state index contributed by atoms with van der Waals surface area (Å²) in [6.07, 6.45) is 1.77. The van der Waals surface area contributed by atoms with Crippen molar-refractivity contribution in [2.24, 2.45) is 0 Å². The van der Waals surface area contributed by atoms with Crippen molar-refractivity contribution in [3.05, 3.63) is 143 Å². The van der Waals surface area contributed by atoms with E-state index >= 15 is 0 Å². The molecular weight excluding hydrogens is 440 g/mol. The molecule has 0 N–H and O–H groups in total. The van der Waals surface area contributed by atoms with Gasteiger partial charge < -0.3 is 0 Å². The fourth-order valence-electron chi connectivity index (χ4n) is 4.74. The van der Waals surface area contributed by atoms with Gasteiger partial charge in [-0.3, -0.25) is 14.3 Å². The second-order valence-electron chi connectivity index (χ2n) is 8.70. The van der Waals surface area contributed by atoms with Crippen LogP contribution in [0.4, 0.5) is 0 Å². The average Bonchev–Trinajstić information content (AvgIpc) is 2.94. The quantitative estimate of drug-likeness (QED) is 0.262. The monoisotopic (exact) mass is 462 g/mol. The van der Waals surface area contributed by atoms with Gasteiger partial charge in [0.25, 0.3) is 5.56 Å². The number of benzene rings is 4. The molecule has 0 saturated carbocycles. The first-order valence-electron chi connectivity index (χ1n) is 11.9. The van der Waals surface area contributed by atoms with Crippen LogP contribution in [-0.4, -0.2) is 9.55 Å². The third-order valence-corrected chi connectivity index (χ3v) is 6.43. The maximum Gasteiger partial charge on any atom is 0.264 e. The fourth-order valence-corrected chi connectivity index (χ4v) is 4.74. The minimum atomic E-state index is -0.108. The van der Waals surface area contributed by atoms with E-state index in [0.717, 1.165) is 44.2 Å². The van der Waals surface area contributed by atoms with Crippen molar-refractivity contribution in [3.63, 3.8) is 0 Å². The van der Waals surface area contributed by atoms with Crippen LogP contribution in [0, 0.1) is 18.8 Å². The molecule has 36 heavy (non-hydrogen) atoms. The zero-order valence-electron chi connectivity index (χ0n) is 19.8. The molecule has 170 valence electrons. The highest BCUT2D eigenvalue weighted by Gasteiger charge is 2.21. The lowest BCUT2D eigenvalue weighted by Crippen LogP contribution is -2.23. The zero-order chi connectivity index (χ0) is 24.5. The van der Waals surface area contributed by atoms with Gasteiger partial charge in [-0.1, -0.05) is 90.8 Å². The van der Waals surface area contributed by atoms with Crippen molar-refractivity contribution in [2.45, 2.75) is 6.92 Å². The number of pyridine rings is 2. The van der Waals surface area contributed by atoms with Crippen LogP contribution >= 0.6 is 0 Å². The first-order chi connectivity index (χ1) is 17.7. The Balaban J connectivity index is 1.83. The van der Waals surface area contributed by atoms with Gasteiger partial charge in [0, 0.05) is 28.1 Å². The molecule has 0 unspecified atom stereocenters. The summed E-state index contributed by atoms with van der Waals surface area (Å²) in [6.45, 7) is 2.02. The Hall–Kier alpha value is -4.94. The number of rotatable bonds is 2. The molecule has 0 aliphatic heterocycles. The third kappa shape index (κ3) is 3.66. The topological polar surface area (TPSA) is 34.9 Å². The van der Waals surface area contributed by atoms with E-state index < -0.39 is 0 Å². The van der Waals surface area contributed by atoms with Gasteiger partial charge >= 0.3 is 0 Å². The van der Waals surface area contributed by atoms with Crippen molar-refractivity contribution in [2.75, 3.05) is 0 Å². The summed E-state index contributed by atoms with van der Waals surface area (Å²) in [7, 11) is 0. The van der Waals surface area contributed by atoms with Gasteiger partial charge in [-0.15, -0.1) is 0 Å². The lowest BCUT2D eigenvalue weighted by molar-refractivity contribution is 0.983. The molecule has 2 aromatic heterocycles. The van der Waals surface area contributed by atoms with Crippen molar-refractivity contribution in [3.8, 4) is 28.7 Å². The van der Waals surface area contributed by atoms with Gasteiger partial charge in [0.2, 0.25) is 0 Å². The van der Waals surface area contributed by atoms with Crippen molar-refractivity contribution in [1.29, 1.82) is 0 Å². The molecule has 0 radical (unpaired) electrons. The smallest absolute Gasteiger partial charge is 0.264 e. The summed E-state index contributed by atoms with van der Waals surface area (Å²) in [5.74, 6) is 6.72. The number of hydrogen-bond acceptors (Lipinski definition) is 2. The highest BCUT2D eigenvalue weighted by Crippen LogP contribution is 2.33. The summed E-state index contributed by atoms with van der Waals surface area (Å²) in [4.78, 5) is 18.9. The largest absolute Gasteiger partial charge is 0.268 e. The molecule has 0 atom stereocenters. The Bertz CT molecular complexity index is 1860. The molecule has 0 aliphatic rings. The van der Waals surface area contributed by atoms with Crippen LogP contribution < -0.4 is 5.56 Å². The molecule has 2 heterocycles. The van der Waals surface area contributed by atoms with E-state index in [4.69, 9.17) is 4.98 Å². The maximum atomic E-state index is 14.2. The number of fused-ring (bicyclic) bond motifs is 2. The Morgan fingerprint density at radius 1 is 0.694 bits per heavy atom. The molecule has 0 saturated heterocycles. The lowest BCUT2D eigenvalue weighted by Gasteiger charge is -2.19. The molecule has 0 aliphatic carbocycles. The van der Waals surface area contributed by atoms with Crippen LogP contribution in [0.25, 0.3) is 38.5 Å². The standard InChI is InChI=1S/C33H22N2O/c1-23-18-20-26-15-10-22-34-31(26)32(23)35-29(21-19-24-11-4-2-5-12-24)30(25-13-6-3-7-14-25)27-16-8-9-17-28(27)33(35)36/h2-18,20,22H,1H3. The predicted molar refractivity (Wildman–Crippen MR) is 147 cm³/mol. The minimum absolute atomic E-state index is 0.108. The zero-order valence-corrected chi connectivity index (χ0v) is 19.8. The summed E-state index contributed by atoms with van der Waals surface area (Å²) < 4.78 is 1.77. The number of aromatic nitrogens is 2. The molecule has 0 spiro atoms. The van der Waals surface area contributed by atoms with Crippen molar-refractivity contribution >= 4 is 21.7 Å². The summed E-state index contributed by atoms with van der Waals surface area (Å²) >= 11 is 0. The molecule has 4 aromatic carbocycles. The number of nitrogens with zero attached hydrogens (tertiary/aromatic N) is 2. The molecule has 0 fully saturated rings. The fraction of sp³-hybridized carbons (Fsp3) is 0.0303. The molecule has 6 aromatic rings. The van der Waals surface area contributed by atoms with Gasteiger partial charge in [-0.2, -0.15) is 0 Å². The van der Waals surface area contributed by atoms with Crippen LogP contribution in [0.2, 0.25) is 0 Å². The van der Waals surface area contributed by atoms with E-state index in [2.05, 4.69) is 24.0 Å². The predicted octanol–water partition coefficient (Wildman–Crippen LogP) is 6.91. The normalized spacial score (nSPS) is 10.8. The van der Waals surface area contributed by atoms with Crippen LogP contribution in [0.5, 0.6) is 0 Å². The molecule has 0 amide bonds. The van der Waals surface area contributed by atoms with E-state index in [0.29, 0.717) is 11.1 Å². The van der Waals surface area contributed by atoms with Crippen LogP contribution in [0.1, 0.15) is 16.8 Å². The molecule has 3 nitrogen and oxygen atoms in total. The van der Waals surface area contributed by atoms with Gasteiger partial charge in [0.15, 0.2) is 0 Å². The third-order valence-electron chi connectivity index (χ3n) is 6.43. The highest BCUT2D eigenvalue weighted by molar-refractivity contribution is 6.00. The Kier molecular flexibility index (Phi) is 5.41. The van der Waals surface area contributed by atoms with E-state index in [9.17, 15) is 4.79 Å². The van der Waals surface area contributed by atoms with Gasteiger partial charge in [-0.25, -0.2) is 0 Å². The van der Waals surface area contributed by atoms with E-state index in [1.807, 2.05) is 104 Å². The van der Waals surface area contributed by atoms with Crippen LogP contribution in [-0.2, 0) is 0 Å². The van der Waals surface area contributed by atoms with E-state index in [1.54, 1.807) is 10.8 Å². The Morgan fingerprint density at radius 3 is 2.17 bits per heavy atom. The summed E-state index contributed by atoms with van der Waals surface area (Å²) in [6, 6.07) is 35.8. The molecule has 3 heteroatoms. The lowest BCUT2D eigenvalue weighted by atomic mass is 9.96. The summed E-state index contributed by atoms with van der Waals surface area (Å²) in [5.41, 5.74) is 5.86. The SMILES string of the molecule is Cc1ccc2cccnc2c1-n1c(C#Cc2ccccc2)c(-c2ccccc2)c2ccccc2c1=O. The Labute approximate surface area is 209 Å². The molecule has 6 rings (SSSR count). The first-order valence-corrected chi connectivity index (χ1v) is 11.9. The van der Waals surface area contributed by atoms with E-state index in [1.165, 1.54) is 0 Å². The second-order valence-corrected chi connectivity index (χ2v) is 8.70. The van der Waals surface area contributed by atoms with Crippen LogP contribution in [0.15, 0.2) is 120 Å². The van der Waals surface area contributed by atoms with Gasteiger partial charge in [-0.05, 0) is 53.6 Å². The highest BCUT2D eigenvalue weighted by atomic mass is 16.1.